The fourth-order valence-corrected chi connectivity index (χ4v) is 4.09. The van der Waals surface area contributed by atoms with Crippen LogP contribution in [0.25, 0.3) is 0 Å². The molecule has 2 atom stereocenters. The van der Waals surface area contributed by atoms with Gasteiger partial charge >= 0.3 is 0 Å². The van der Waals surface area contributed by atoms with Crippen molar-refractivity contribution < 1.29 is 19.0 Å². The van der Waals surface area contributed by atoms with Crippen molar-refractivity contribution in [2.45, 2.75) is 32.2 Å². The van der Waals surface area contributed by atoms with Gasteiger partial charge in [-0.2, -0.15) is 0 Å². The van der Waals surface area contributed by atoms with Gasteiger partial charge in [0.05, 0.1) is 38.9 Å². The predicted octanol–water partition coefficient (Wildman–Crippen LogP) is 3.78. The van der Waals surface area contributed by atoms with E-state index in [-0.39, 0.29) is 17.9 Å². The van der Waals surface area contributed by atoms with Crippen LogP contribution in [0.2, 0.25) is 0 Å². The quantitative estimate of drug-likeness (QED) is 0.627. The summed E-state index contributed by atoms with van der Waals surface area (Å²) in [6, 6.07) is 16.0. The second-order valence-corrected chi connectivity index (χ2v) is 7.62. The standard InChI is InChI=1S/C25H34N2O4/c1-4-21(19-9-7-6-8-10-19)25(28)26-18-22(27-13-15-30-16-14-27)20-11-12-23(31-5-2)24(17-20)29-3/h6-12,17,21-22H,4-5,13-16,18H2,1-3H3,(H,26,28)/t21-,22+/m1/s1. The molecule has 0 aliphatic carbocycles. The van der Waals surface area contributed by atoms with Crippen LogP contribution < -0.4 is 14.8 Å². The van der Waals surface area contributed by atoms with Gasteiger partial charge in [-0.15, -0.1) is 0 Å². The van der Waals surface area contributed by atoms with E-state index in [2.05, 4.69) is 16.3 Å². The molecule has 0 saturated carbocycles. The molecule has 1 aliphatic rings. The van der Waals surface area contributed by atoms with Crippen LogP contribution in [0.3, 0.4) is 0 Å². The van der Waals surface area contributed by atoms with E-state index in [1.807, 2.05) is 56.3 Å². The van der Waals surface area contributed by atoms with Crippen LogP contribution in [-0.4, -0.2) is 57.4 Å². The fraction of sp³-hybridized carbons (Fsp3) is 0.480. The monoisotopic (exact) mass is 426 g/mol. The minimum absolute atomic E-state index is 0.0331. The zero-order chi connectivity index (χ0) is 22.1. The Balaban J connectivity index is 1.79. The second kappa shape index (κ2) is 11.7. The van der Waals surface area contributed by atoms with E-state index in [9.17, 15) is 4.79 Å². The van der Waals surface area contributed by atoms with Gasteiger partial charge in [-0.3, -0.25) is 9.69 Å². The minimum Gasteiger partial charge on any atom is -0.493 e. The highest BCUT2D eigenvalue weighted by Crippen LogP contribution is 2.32. The van der Waals surface area contributed by atoms with Crippen LogP contribution in [0.1, 0.15) is 43.4 Å². The molecule has 0 aromatic heterocycles. The summed E-state index contributed by atoms with van der Waals surface area (Å²) in [6.07, 6.45) is 0.759. The lowest BCUT2D eigenvalue weighted by Gasteiger charge is -2.35. The molecule has 0 spiro atoms. The highest BCUT2D eigenvalue weighted by molar-refractivity contribution is 5.83. The zero-order valence-electron chi connectivity index (χ0n) is 18.8. The Morgan fingerprint density at radius 3 is 2.45 bits per heavy atom. The summed E-state index contributed by atoms with van der Waals surface area (Å²) >= 11 is 0. The summed E-state index contributed by atoms with van der Waals surface area (Å²) in [7, 11) is 1.65. The zero-order valence-corrected chi connectivity index (χ0v) is 18.8. The smallest absolute Gasteiger partial charge is 0.227 e. The molecular formula is C25H34N2O4. The number of nitrogens with zero attached hydrogens (tertiary/aromatic N) is 1. The van der Waals surface area contributed by atoms with Crippen LogP contribution in [0, 0.1) is 0 Å². The van der Waals surface area contributed by atoms with Gasteiger partial charge in [0.2, 0.25) is 5.91 Å². The molecule has 1 saturated heterocycles. The lowest BCUT2D eigenvalue weighted by atomic mass is 9.95. The van der Waals surface area contributed by atoms with Gasteiger partial charge in [0.15, 0.2) is 11.5 Å². The van der Waals surface area contributed by atoms with Gasteiger partial charge in [-0.1, -0.05) is 43.3 Å². The van der Waals surface area contributed by atoms with Crippen molar-refractivity contribution in [2.24, 2.45) is 0 Å². The maximum Gasteiger partial charge on any atom is 0.227 e. The van der Waals surface area contributed by atoms with Crippen molar-refractivity contribution >= 4 is 5.91 Å². The molecule has 2 aromatic carbocycles. The van der Waals surface area contributed by atoms with Crippen LogP contribution in [-0.2, 0) is 9.53 Å². The topological polar surface area (TPSA) is 60.0 Å². The Bertz CT molecular complexity index is 822. The van der Waals surface area contributed by atoms with Crippen LogP contribution >= 0.6 is 0 Å². The second-order valence-electron chi connectivity index (χ2n) is 7.62. The normalized spacial score (nSPS) is 16.4. The molecule has 6 heteroatoms. The van der Waals surface area contributed by atoms with Gasteiger partial charge in [0.1, 0.15) is 0 Å². The molecule has 1 aliphatic heterocycles. The number of carbonyl (C=O) groups is 1. The minimum atomic E-state index is -0.151. The molecule has 31 heavy (non-hydrogen) atoms. The third kappa shape index (κ3) is 5.99. The van der Waals surface area contributed by atoms with Crippen LogP contribution in [0.15, 0.2) is 48.5 Å². The number of hydrogen-bond acceptors (Lipinski definition) is 5. The number of ether oxygens (including phenoxy) is 3. The van der Waals surface area contributed by atoms with E-state index in [0.29, 0.717) is 32.1 Å². The number of methoxy groups -OCH3 is 1. The molecule has 1 heterocycles. The Hall–Kier alpha value is -2.57. The lowest BCUT2D eigenvalue weighted by Crippen LogP contribution is -2.44. The molecule has 168 valence electrons. The van der Waals surface area contributed by atoms with Gasteiger partial charge in [-0.25, -0.2) is 0 Å². The molecule has 2 aromatic rings. The first kappa shape index (κ1) is 23.1. The first-order chi connectivity index (χ1) is 15.2. The van der Waals surface area contributed by atoms with E-state index in [4.69, 9.17) is 14.2 Å². The van der Waals surface area contributed by atoms with Crippen LogP contribution in [0.4, 0.5) is 0 Å². The molecule has 0 bridgehead atoms. The van der Waals surface area contributed by atoms with E-state index in [1.165, 1.54) is 0 Å². The Morgan fingerprint density at radius 1 is 1.06 bits per heavy atom. The Morgan fingerprint density at radius 2 is 1.81 bits per heavy atom. The van der Waals surface area contributed by atoms with E-state index in [1.54, 1.807) is 7.11 Å². The summed E-state index contributed by atoms with van der Waals surface area (Å²) in [5.41, 5.74) is 2.14. The lowest BCUT2D eigenvalue weighted by molar-refractivity contribution is -0.123. The van der Waals surface area contributed by atoms with E-state index < -0.39 is 0 Å². The molecule has 6 nitrogen and oxygen atoms in total. The van der Waals surface area contributed by atoms with E-state index in [0.717, 1.165) is 36.4 Å². The highest BCUT2D eigenvalue weighted by Gasteiger charge is 2.26. The average molecular weight is 427 g/mol. The third-order valence-corrected chi connectivity index (χ3v) is 5.76. The van der Waals surface area contributed by atoms with Crippen molar-refractivity contribution in [1.82, 2.24) is 10.2 Å². The predicted molar refractivity (Wildman–Crippen MR) is 122 cm³/mol. The Kier molecular flexibility index (Phi) is 8.74. The van der Waals surface area contributed by atoms with Gasteiger partial charge in [0.25, 0.3) is 0 Å². The number of benzene rings is 2. The van der Waals surface area contributed by atoms with Crippen LogP contribution in [0.5, 0.6) is 11.5 Å². The largest absolute Gasteiger partial charge is 0.493 e. The summed E-state index contributed by atoms with van der Waals surface area (Å²) in [6.45, 7) is 8.15. The Labute approximate surface area is 185 Å². The molecule has 1 N–H and O–H groups in total. The number of morpholine rings is 1. The average Bonchev–Trinajstić information content (AvgIpc) is 2.82. The molecule has 3 rings (SSSR count). The number of nitrogens with one attached hydrogen (secondary N) is 1. The molecule has 0 radical (unpaired) electrons. The van der Waals surface area contributed by atoms with Crippen molar-refractivity contribution in [3.05, 3.63) is 59.7 Å². The summed E-state index contributed by atoms with van der Waals surface area (Å²) in [4.78, 5) is 15.4. The molecular weight excluding hydrogens is 392 g/mol. The van der Waals surface area contributed by atoms with Crippen molar-refractivity contribution in [1.29, 1.82) is 0 Å². The van der Waals surface area contributed by atoms with Gasteiger partial charge in [-0.05, 0) is 36.6 Å². The van der Waals surface area contributed by atoms with Gasteiger partial charge < -0.3 is 19.5 Å². The SMILES string of the molecule is CCOc1ccc([C@H](CNC(=O)[C@H](CC)c2ccccc2)N2CCOCC2)cc1OC. The summed E-state index contributed by atoms with van der Waals surface area (Å²) in [5, 5.41) is 3.21. The fourth-order valence-electron chi connectivity index (χ4n) is 4.09. The van der Waals surface area contributed by atoms with Gasteiger partial charge in [0, 0.05) is 19.6 Å². The first-order valence-corrected chi connectivity index (χ1v) is 11.1. The summed E-state index contributed by atoms with van der Waals surface area (Å²) in [5.74, 6) is 1.35. The maximum absolute atomic E-state index is 13.1. The third-order valence-electron chi connectivity index (χ3n) is 5.76. The highest BCUT2D eigenvalue weighted by atomic mass is 16.5. The van der Waals surface area contributed by atoms with E-state index >= 15 is 0 Å². The number of amides is 1. The van der Waals surface area contributed by atoms with Crippen molar-refractivity contribution in [3.8, 4) is 11.5 Å². The molecule has 1 amide bonds. The molecule has 0 unspecified atom stereocenters. The number of rotatable bonds is 10. The molecule has 1 fully saturated rings. The number of hydrogen-bond donors (Lipinski definition) is 1. The maximum atomic E-state index is 13.1. The van der Waals surface area contributed by atoms with Crippen molar-refractivity contribution in [3.63, 3.8) is 0 Å². The van der Waals surface area contributed by atoms with Crippen molar-refractivity contribution in [2.75, 3.05) is 46.6 Å². The first-order valence-electron chi connectivity index (χ1n) is 11.1. The summed E-state index contributed by atoms with van der Waals surface area (Å²) < 4.78 is 16.8. The number of carbonyl (C=O) groups excluding carboxylic acids is 1.